The fraction of sp³-hybridized carbons (Fsp3) is 0.632. The van der Waals surface area contributed by atoms with Gasteiger partial charge in [0.25, 0.3) is 0 Å². The van der Waals surface area contributed by atoms with Gasteiger partial charge in [0.2, 0.25) is 0 Å². The van der Waals surface area contributed by atoms with Gasteiger partial charge in [-0.25, -0.2) is 4.39 Å². The van der Waals surface area contributed by atoms with Crippen molar-refractivity contribution in [3.8, 4) is 0 Å². The Morgan fingerprint density at radius 2 is 2.23 bits per heavy atom. The van der Waals surface area contributed by atoms with Crippen LogP contribution < -0.4 is 10.6 Å². The molecule has 1 heterocycles. The molecule has 2 N–H and O–H groups in total. The van der Waals surface area contributed by atoms with Gasteiger partial charge in [-0.3, -0.25) is 4.99 Å². The molecular formula is C19H27FIN3OS. The van der Waals surface area contributed by atoms with Crippen molar-refractivity contribution in [3.63, 3.8) is 0 Å². The Hall–Kier alpha value is -0.540. The summed E-state index contributed by atoms with van der Waals surface area (Å²) in [4.78, 5) is 5.48. The lowest BCUT2D eigenvalue weighted by molar-refractivity contribution is -0.171. The van der Waals surface area contributed by atoms with Crippen molar-refractivity contribution in [1.29, 1.82) is 0 Å². The summed E-state index contributed by atoms with van der Waals surface area (Å²) < 4.78 is 19.6. The molecule has 26 heavy (non-hydrogen) atoms. The molecule has 144 valence electrons. The Balaban J connectivity index is 0.00000196. The number of thioether (sulfide) groups is 1. The van der Waals surface area contributed by atoms with Crippen LogP contribution in [0.15, 0.2) is 28.1 Å². The third-order valence-electron chi connectivity index (χ3n) is 6.24. The first-order valence-electron chi connectivity index (χ1n) is 9.09. The number of rotatable bonds is 4. The highest BCUT2D eigenvalue weighted by molar-refractivity contribution is 14.0. The van der Waals surface area contributed by atoms with Crippen molar-refractivity contribution in [1.82, 2.24) is 10.6 Å². The van der Waals surface area contributed by atoms with Gasteiger partial charge in [0.05, 0.1) is 6.10 Å². The van der Waals surface area contributed by atoms with Crippen LogP contribution in [0.25, 0.3) is 0 Å². The maximum absolute atomic E-state index is 13.6. The second-order valence-corrected chi connectivity index (χ2v) is 8.18. The van der Waals surface area contributed by atoms with Crippen LogP contribution in [0.1, 0.15) is 31.2 Å². The van der Waals surface area contributed by atoms with E-state index in [9.17, 15) is 4.39 Å². The number of hydrogen-bond donors (Lipinski definition) is 2. The van der Waals surface area contributed by atoms with Gasteiger partial charge >= 0.3 is 0 Å². The minimum atomic E-state index is -0.198. The molecule has 4 nitrogen and oxygen atoms in total. The smallest absolute Gasteiger partial charge is 0.191 e. The van der Waals surface area contributed by atoms with E-state index in [1.54, 1.807) is 24.9 Å². The van der Waals surface area contributed by atoms with Gasteiger partial charge in [-0.2, -0.15) is 0 Å². The average molecular weight is 491 g/mol. The molecule has 0 aromatic heterocycles. The van der Waals surface area contributed by atoms with Crippen molar-refractivity contribution in [2.24, 2.45) is 16.3 Å². The number of nitrogens with zero attached hydrogens (tertiary/aromatic N) is 1. The average Bonchev–Trinajstić information content (AvgIpc) is 2.99. The minimum Gasteiger partial charge on any atom is -0.377 e. The zero-order chi connectivity index (χ0) is 17.4. The standard InChI is InChI=1S/C19H26FN3OS.HI/c1-21-18(22-11-12-10-13(20)4-5-15(12)25-2)23-16-14-6-9-24-17(14)19(16)7-3-8-19;/h4-5,10,14,16-17H,3,6-9,11H2,1-2H3,(H2,21,22,23);1H. The summed E-state index contributed by atoms with van der Waals surface area (Å²) in [5.74, 6) is 1.21. The van der Waals surface area contributed by atoms with Crippen LogP contribution in [-0.4, -0.2) is 38.0 Å². The van der Waals surface area contributed by atoms with Gasteiger partial charge in [0, 0.05) is 42.5 Å². The molecule has 3 fully saturated rings. The number of halogens is 2. The molecule has 3 aliphatic rings. The molecule has 1 aromatic carbocycles. The number of guanidine groups is 1. The molecule has 1 saturated heterocycles. The first kappa shape index (κ1) is 20.2. The molecule has 1 aromatic rings. The van der Waals surface area contributed by atoms with Gasteiger partial charge in [0.1, 0.15) is 5.82 Å². The van der Waals surface area contributed by atoms with Crippen LogP contribution in [0.3, 0.4) is 0 Å². The summed E-state index contributed by atoms with van der Waals surface area (Å²) in [6, 6.07) is 5.40. The number of hydrogen-bond acceptors (Lipinski definition) is 3. The zero-order valence-electron chi connectivity index (χ0n) is 15.3. The van der Waals surface area contributed by atoms with Crippen molar-refractivity contribution in [2.75, 3.05) is 19.9 Å². The molecule has 3 unspecified atom stereocenters. The van der Waals surface area contributed by atoms with E-state index in [1.165, 1.54) is 25.3 Å². The highest BCUT2D eigenvalue weighted by Gasteiger charge is 2.66. The maximum atomic E-state index is 13.6. The quantitative estimate of drug-likeness (QED) is 0.291. The number of aliphatic imine (C=N–C) groups is 1. The van der Waals surface area contributed by atoms with Crippen molar-refractivity contribution >= 4 is 41.7 Å². The van der Waals surface area contributed by atoms with Crippen LogP contribution >= 0.6 is 35.7 Å². The second kappa shape index (κ2) is 8.22. The van der Waals surface area contributed by atoms with Gasteiger partial charge in [-0.05, 0) is 49.3 Å². The highest BCUT2D eigenvalue weighted by Crippen LogP contribution is 2.62. The lowest BCUT2D eigenvalue weighted by atomic mass is 9.46. The molecular weight excluding hydrogens is 464 g/mol. The lowest BCUT2D eigenvalue weighted by Gasteiger charge is -2.63. The van der Waals surface area contributed by atoms with E-state index in [1.807, 2.05) is 12.3 Å². The maximum Gasteiger partial charge on any atom is 0.191 e. The SMILES string of the molecule is CN=C(NCc1cc(F)ccc1SC)NC1C2CCOC2C12CCC2.I. The minimum absolute atomic E-state index is 0. The van der Waals surface area contributed by atoms with E-state index >= 15 is 0 Å². The lowest BCUT2D eigenvalue weighted by Crippen LogP contribution is -2.72. The van der Waals surface area contributed by atoms with E-state index in [0.717, 1.165) is 29.4 Å². The molecule has 2 aliphatic carbocycles. The summed E-state index contributed by atoms with van der Waals surface area (Å²) in [5.41, 5.74) is 1.28. The topological polar surface area (TPSA) is 45.7 Å². The van der Waals surface area contributed by atoms with E-state index in [0.29, 0.717) is 30.0 Å². The normalized spacial score (nSPS) is 28.6. The first-order valence-corrected chi connectivity index (χ1v) is 10.3. The van der Waals surface area contributed by atoms with E-state index in [-0.39, 0.29) is 29.8 Å². The number of fused-ring (bicyclic) bond motifs is 2. The predicted molar refractivity (Wildman–Crippen MR) is 115 cm³/mol. The summed E-state index contributed by atoms with van der Waals surface area (Å²) in [6.45, 7) is 1.46. The molecule has 4 rings (SSSR count). The molecule has 7 heteroatoms. The first-order chi connectivity index (χ1) is 12.2. The van der Waals surface area contributed by atoms with Crippen LogP contribution in [0, 0.1) is 17.2 Å². The van der Waals surface area contributed by atoms with Gasteiger partial charge in [0.15, 0.2) is 5.96 Å². The molecule has 3 atom stereocenters. The fourth-order valence-electron chi connectivity index (χ4n) is 4.86. The molecule has 1 aliphatic heterocycles. The van der Waals surface area contributed by atoms with Crippen LogP contribution in [0.5, 0.6) is 0 Å². The van der Waals surface area contributed by atoms with Gasteiger partial charge in [-0.1, -0.05) is 6.42 Å². The predicted octanol–water partition coefficient (Wildman–Crippen LogP) is 3.79. The molecule has 0 radical (unpaired) electrons. The van der Waals surface area contributed by atoms with Crippen molar-refractivity contribution in [2.45, 2.75) is 49.3 Å². The van der Waals surface area contributed by atoms with E-state index in [4.69, 9.17) is 4.74 Å². The van der Waals surface area contributed by atoms with Crippen LogP contribution in [0.2, 0.25) is 0 Å². The number of nitrogens with one attached hydrogen (secondary N) is 2. The highest BCUT2D eigenvalue weighted by atomic mass is 127. The fourth-order valence-corrected chi connectivity index (χ4v) is 5.46. The van der Waals surface area contributed by atoms with Gasteiger partial charge in [-0.15, -0.1) is 35.7 Å². The second-order valence-electron chi connectivity index (χ2n) is 7.33. The molecule has 1 spiro atoms. The third kappa shape index (κ3) is 3.35. The van der Waals surface area contributed by atoms with Crippen LogP contribution in [-0.2, 0) is 11.3 Å². The number of ether oxygens (including phenoxy) is 1. The summed E-state index contributed by atoms with van der Waals surface area (Å²) in [7, 11) is 1.80. The Morgan fingerprint density at radius 3 is 2.88 bits per heavy atom. The summed E-state index contributed by atoms with van der Waals surface area (Å²) >= 11 is 1.63. The van der Waals surface area contributed by atoms with Gasteiger partial charge < -0.3 is 15.4 Å². The Kier molecular flexibility index (Phi) is 6.39. The van der Waals surface area contributed by atoms with E-state index < -0.39 is 0 Å². The molecule has 2 saturated carbocycles. The number of benzene rings is 1. The van der Waals surface area contributed by atoms with Crippen molar-refractivity contribution < 1.29 is 9.13 Å². The Labute approximate surface area is 176 Å². The van der Waals surface area contributed by atoms with Crippen molar-refractivity contribution in [3.05, 3.63) is 29.6 Å². The monoisotopic (exact) mass is 491 g/mol. The third-order valence-corrected chi connectivity index (χ3v) is 7.08. The summed E-state index contributed by atoms with van der Waals surface area (Å²) in [5, 5.41) is 7.02. The van der Waals surface area contributed by atoms with E-state index in [2.05, 4.69) is 15.6 Å². The largest absolute Gasteiger partial charge is 0.377 e. The summed E-state index contributed by atoms with van der Waals surface area (Å²) in [6.07, 6.45) is 7.41. The Morgan fingerprint density at radius 1 is 1.42 bits per heavy atom. The molecule has 0 bridgehead atoms. The zero-order valence-corrected chi connectivity index (χ0v) is 18.4. The Bertz CT molecular complexity index is 683. The van der Waals surface area contributed by atoms with Crippen LogP contribution in [0.4, 0.5) is 4.39 Å². The molecule has 0 amide bonds.